The van der Waals surface area contributed by atoms with Crippen molar-refractivity contribution in [2.24, 2.45) is 11.1 Å². The van der Waals surface area contributed by atoms with Crippen LogP contribution in [0, 0.1) is 16.7 Å². The summed E-state index contributed by atoms with van der Waals surface area (Å²) in [6.07, 6.45) is 9.46. The molecule has 2 rings (SSSR count). The SMILES string of the molecule is CCCC(N)c1ccn(CC2(CC#N)CC2)c1. The molecule has 3 nitrogen and oxygen atoms in total. The number of rotatable bonds is 6. The zero-order valence-corrected chi connectivity index (χ0v) is 10.5. The van der Waals surface area contributed by atoms with E-state index in [0.717, 1.165) is 19.4 Å². The predicted molar refractivity (Wildman–Crippen MR) is 68.2 cm³/mol. The van der Waals surface area contributed by atoms with Crippen LogP contribution in [-0.2, 0) is 6.54 Å². The molecule has 1 unspecified atom stereocenters. The lowest BCUT2D eigenvalue weighted by Gasteiger charge is -2.12. The average molecular weight is 231 g/mol. The largest absolute Gasteiger partial charge is 0.353 e. The molecular weight excluding hydrogens is 210 g/mol. The van der Waals surface area contributed by atoms with Crippen molar-refractivity contribution < 1.29 is 0 Å². The van der Waals surface area contributed by atoms with Gasteiger partial charge in [0.2, 0.25) is 0 Å². The van der Waals surface area contributed by atoms with Crippen LogP contribution in [0.2, 0.25) is 0 Å². The van der Waals surface area contributed by atoms with Crippen molar-refractivity contribution in [2.45, 2.75) is 51.6 Å². The second-order valence-electron chi connectivity index (χ2n) is 5.35. The van der Waals surface area contributed by atoms with E-state index in [9.17, 15) is 0 Å². The topological polar surface area (TPSA) is 54.7 Å². The van der Waals surface area contributed by atoms with E-state index in [0.29, 0.717) is 6.42 Å². The first-order chi connectivity index (χ1) is 8.19. The van der Waals surface area contributed by atoms with E-state index in [2.05, 4.69) is 36.0 Å². The Morgan fingerprint density at radius 2 is 2.35 bits per heavy atom. The highest BCUT2D eigenvalue weighted by atomic mass is 15.0. The maximum absolute atomic E-state index is 8.80. The zero-order chi connectivity index (χ0) is 12.3. The summed E-state index contributed by atoms with van der Waals surface area (Å²) in [5, 5.41) is 8.80. The third-order valence-electron chi connectivity index (χ3n) is 3.73. The summed E-state index contributed by atoms with van der Waals surface area (Å²) in [5.74, 6) is 0. The highest BCUT2D eigenvalue weighted by Crippen LogP contribution is 2.50. The van der Waals surface area contributed by atoms with E-state index < -0.39 is 0 Å². The van der Waals surface area contributed by atoms with Gasteiger partial charge >= 0.3 is 0 Å². The highest BCUT2D eigenvalue weighted by Gasteiger charge is 2.42. The van der Waals surface area contributed by atoms with Crippen molar-refractivity contribution >= 4 is 0 Å². The van der Waals surface area contributed by atoms with E-state index in [1.54, 1.807) is 0 Å². The Kier molecular flexibility index (Phi) is 3.54. The first kappa shape index (κ1) is 12.2. The van der Waals surface area contributed by atoms with Crippen LogP contribution < -0.4 is 5.73 Å². The number of nitriles is 1. The Labute approximate surface area is 103 Å². The van der Waals surface area contributed by atoms with Crippen molar-refractivity contribution in [3.63, 3.8) is 0 Å². The summed E-state index contributed by atoms with van der Waals surface area (Å²) < 4.78 is 2.20. The van der Waals surface area contributed by atoms with Crippen LogP contribution in [0.25, 0.3) is 0 Å². The Bertz CT molecular complexity index is 409. The van der Waals surface area contributed by atoms with E-state index in [4.69, 9.17) is 11.0 Å². The van der Waals surface area contributed by atoms with Crippen LogP contribution in [-0.4, -0.2) is 4.57 Å². The van der Waals surface area contributed by atoms with Gasteiger partial charge in [-0.1, -0.05) is 13.3 Å². The molecule has 0 aromatic carbocycles. The minimum atomic E-state index is 0.160. The van der Waals surface area contributed by atoms with Crippen LogP contribution in [0.4, 0.5) is 0 Å². The molecule has 0 aliphatic heterocycles. The second-order valence-corrected chi connectivity index (χ2v) is 5.35. The molecule has 0 amide bonds. The first-order valence-electron chi connectivity index (χ1n) is 6.47. The lowest BCUT2D eigenvalue weighted by molar-refractivity contribution is 0.431. The van der Waals surface area contributed by atoms with Gasteiger partial charge in [-0.2, -0.15) is 5.26 Å². The van der Waals surface area contributed by atoms with Gasteiger partial charge in [0, 0.05) is 36.8 Å². The predicted octanol–water partition coefficient (Wildman–Crippen LogP) is 2.98. The van der Waals surface area contributed by atoms with Gasteiger partial charge in [0.15, 0.2) is 0 Å². The van der Waals surface area contributed by atoms with E-state index >= 15 is 0 Å². The number of aromatic nitrogens is 1. The zero-order valence-electron chi connectivity index (χ0n) is 10.5. The van der Waals surface area contributed by atoms with Gasteiger partial charge in [0.25, 0.3) is 0 Å². The van der Waals surface area contributed by atoms with Gasteiger partial charge in [0.1, 0.15) is 0 Å². The molecule has 1 aromatic rings. The fraction of sp³-hybridized carbons (Fsp3) is 0.643. The molecule has 0 radical (unpaired) electrons. The molecule has 1 aliphatic rings. The molecule has 1 heterocycles. The quantitative estimate of drug-likeness (QED) is 0.818. The third-order valence-corrected chi connectivity index (χ3v) is 3.73. The van der Waals surface area contributed by atoms with Crippen LogP contribution >= 0.6 is 0 Å². The third kappa shape index (κ3) is 2.89. The summed E-state index contributed by atoms with van der Waals surface area (Å²) >= 11 is 0. The first-order valence-corrected chi connectivity index (χ1v) is 6.47. The van der Waals surface area contributed by atoms with E-state index in [1.165, 1.54) is 18.4 Å². The van der Waals surface area contributed by atoms with Gasteiger partial charge in [-0.25, -0.2) is 0 Å². The minimum Gasteiger partial charge on any atom is -0.353 e. The number of nitrogens with zero attached hydrogens (tertiary/aromatic N) is 2. The lowest BCUT2D eigenvalue weighted by Crippen LogP contribution is -2.11. The number of hydrogen-bond donors (Lipinski definition) is 1. The average Bonchev–Trinajstić information content (AvgIpc) is 2.89. The van der Waals surface area contributed by atoms with Gasteiger partial charge in [-0.15, -0.1) is 0 Å². The minimum absolute atomic E-state index is 0.160. The molecular formula is C14H21N3. The standard InChI is InChI=1S/C14H21N3/c1-2-3-13(16)12-4-9-17(10-12)11-14(5-6-14)7-8-15/h4,9-10,13H,2-3,5-7,11,16H2,1H3. The van der Waals surface area contributed by atoms with Gasteiger partial charge < -0.3 is 10.3 Å². The van der Waals surface area contributed by atoms with Crippen molar-refractivity contribution in [1.82, 2.24) is 4.57 Å². The van der Waals surface area contributed by atoms with Crippen molar-refractivity contribution in [2.75, 3.05) is 0 Å². The molecule has 1 fully saturated rings. The van der Waals surface area contributed by atoms with Crippen LogP contribution in [0.15, 0.2) is 18.5 Å². The summed E-state index contributed by atoms with van der Waals surface area (Å²) in [6, 6.07) is 4.58. The number of hydrogen-bond acceptors (Lipinski definition) is 2. The molecule has 1 atom stereocenters. The second kappa shape index (κ2) is 4.93. The molecule has 0 spiro atoms. The smallest absolute Gasteiger partial charge is 0.0628 e. The normalized spacial score (nSPS) is 18.6. The van der Waals surface area contributed by atoms with Crippen molar-refractivity contribution in [3.8, 4) is 6.07 Å². The highest BCUT2D eigenvalue weighted by molar-refractivity contribution is 5.15. The molecule has 1 aromatic heterocycles. The van der Waals surface area contributed by atoms with Gasteiger partial charge in [0.05, 0.1) is 6.07 Å². The summed E-state index contributed by atoms with van der Waals surface area (Å²) in [7, 11) is 0. The fourth-order valence-electron chi connectivity index (χ4n) is 2.38. The Morgan fingerprint density at radius 3 is 2.94 bits per heavy atom. The molecule has 1 saturated carbocycles. The molecule has 0 saturated heterocycles. The van der Waals surface area contributed by atoms with Gasteiger partial charge in [-0.3, -0.25) is 0 Å². The summed E-state index contributed by atoms with van der Waals surface area (Å²) in [6.45, 7) is 3.13. The van der Waals surface area contributed by atoms with E-state index in [1.807, 2.05) is 0 Å². The molecule has 17 heavy (non-hydrogen) atoms. The van der Waals surface area contributed by atoms with Crippen LogP contribution in [0.3, 0.4) is 0 Å². The fourth-order valence-corrected chi connectivity index (χ4v) is 2.38. The van der Waals surface area contributed by atoms with Crippen LogP contribution in [0.5, 0.6) is 0 Å². The van der Waals surface area contributed by atoms with Crippen molar-refractivity contribution in [1.29, 1.82) is 5.26 Å². The molecule has 92 valence electrons. The maximum Gasteiger partial charge on any atom is 0.0628 e. The van der Waals surface area contributed by atoms with Crippen LogP contribution in [0.1, 0.15) is 50.6 Å². The maximum atomic E-state index is 8.80. The monoisotopic (exact) mass is 231 g/mol. The molecule has 0 bridgehead atoms. The Balaban J connectivity index is 1.97. The van der Waals surface area contributed by atoms with E-state index in [-0.39, 0.29) is 11.5 Å². The molecule has 1 aliphatic carbocycles. The number of nitrogens with two attached hydrogens (primary N) is 1. The Hall–Kier alpha value is -1.27. The summed E-state index contributed by atoms with van der Waals surface area (Å²) in [4.78, 5) is 0. The summed E-state index contributed by atoms with van der Waals surface area (Å²) in [5.41, 5.74) is 7.58. The Morgan fingerprint density at radius 1 is 1.59 bits per heavy atom. The lowest BCUT2D eigenvalue weighted by atomic mass is 10.0. The van der Waals surface area contributed by atoms with Crippen molar-refractivity contribution in [3.05, 3.63) is 24.0 Å². The molecule has 3 heteroatoms. The van der Waals surface area contributed by atoms with Gasteiger partial charge in [-0.05, 0) is 30.9 Å². The molecule has 2 N–H and O–H groups in total.